The SMILES string of the molecule is c1ccc(N(c2ccc(-c3nc4cc(-c5ccc6oc(-c7ccc(N(c8ccccc8)c8cc9ccccc9c9ccccc89)cc7)nc6c5)ccc4o3)cc2)c2cc3ccccc3c3ccccc23)cc1. The number of hydrogen-bond acceptors (Lipinski definition) is 6. The number of oxazole rings is 2. The maximum atomic E-state index is 6.40. The summed E-state index contributed by atoms with van der Waals surface area (Å²) in [6, 6.07) is 89.4. The Morgan fingerprint density at radius 2 is 0.597 bits per heavy atom. The van der Waals surface area contributed by atoms with Crippen LogP contribution in [0.2, 0.25) is 0 Å². The van der Waals surface area contributed by atoms with Crippen molar-refractivity contribution in [2.45, 2.75) is 0 Å². The molecule has 0 aliphatic carbocycles. The van der Waals surface area contributed by atoms with Crippen LogP contribution in [-0.2, 0) is 0 Å². The topological polar surface area (TPSA) is 58.5 Å². The summed E-state index contributed by atoms with van der Waals surface area (Å²) < 4.78 is 12.8. The highest BCUT2D eigenvalue weighted by Crippen LogP contribution is 2.45. The van der Waals surface area contributed by atoms with E-state index in [1.807, 2.05) is 12.1 Å². The summed E-state index contributed by atoms with van der Waals surface area (Å²) in [4.78, 5) is 14.7. The van der Waals surface area contributed by atoms with Crippen LogP contribution < -0.4 is 9.80 Å². The van der Waals surface area contributed by atoms with Crippen LogP contribution in [0.1, 0.15) is 0 Å². The maximum absolute atomic E-state index is 6.40. The van der Waals surface area contributed by atoms with E-state index in [9.17, 15) is 0 Å². The Kier molecular flexibility index (Phi) is 9.74. The fraction of sp³-hybridized carbons (Fsp3) is 0. The molecule has 0 N–H and O–H groups in total. The van der Waals surface area contributed by atoms with Crippen LogP contribution in [0.3, 0.4) is 0 Å². The summed E-state index contributed by atoms with van der Waals surface area (Å²) >= 11 is 0. The first-order valence-electron chi connectivity index (χ1n) is 24.2. The Morgan fingerprint density at radius 1 is 0.264 bits per heavy atom. The van der Waals surface area contributed by atoms with E-state index in [0.29, 0.717) is 11.8 Å². The van der Waals surface area contributed by atoms with Gasteiger partial charge in [0.25, 0.3) is 0 Å². The molecule has 0 fully saturated rings. The molecule has 0 aliphatic rings. The summed E-state index contributed by atoms with van der Waals surface area (Å²) in [6.07, 6.45) is 0. The fourth-order valence-electron chi connectivity index (χ4n) is 10.4. The molecule has 0 saturated carbocycles. The molecule has 0 saturated heterocycles. The molecule has 338 valence electrons. The monoisotopic (exact) mass is 922 g/mol. The normalized spacial score (nSPS) is 11.6. The minimum absolute atomic E-state index is 0.566. The molecular formula is C66H42N4O2. The first-order valence-corrected chi connectivity index (χ1v) is 24.2. The van der Waals surface area contributed by atoms with Crippen molar-refractivity contribution < 1.29 is 8.83 Å². The van der Waals surface area contributed by atoms with E-state index >= 15 is 0 Å². The largest absolute Gasteiger partial charge is 0.436 e. The van der Waals surface area contributed by atoms with Crippen molar-refractivity contribution in [3.63, 3.8) is 0 Å². The first kappa shape index (κ1) is 41.2. The number of aromatic nitrogens is 2. The second kappa shape index (κ2) is 17.0. The van der Waals surface area contributed by atoms with Crippen molar-refractivity contribution in [1.29, 1.82) is 0 Å². The molecule has 0 amide bonds. The molecule has 0 unspecified atom stereocenters. The van der Waals surface area contributed by atoms with E-state index in [1.165, 1.54) is 43.1 Å². The van der Waals surface area contributed by atoms with Crippen molar-refractivity contribution >= 4 is 99.4 Å². The van der Waals surface area contributed by atoms with Gasteiger partial charge in [0.2, 0.25) is 11.8 Å². The third kappa shape index (κ3) is 7.12. The summed E-state index contributed by atoms with van der Waals surface area (Å²) in [5, 5.41) is 9.68. The molecule has 2 heterocycles. The Labute approximate surface area is 414 Å². The molecule has 0 bridgehead atoms. The van der Waals surface area contributed by atoms with Crippen LogP contribution in [0.15, 0.2) is 264 Å². The van der Waals surface area contributed by atoms with E-state index < -0.39 is 0 Å². The van der Waals surface area contributed by atoms with Gasteiger partial charge in [0, 0.05) is 44.6 Å². The second-order valence-electron chi connectivity index (χ2n) is 18.2. The molecule has 0 aliphatic heterocycles. The number of benzene rings is 12. The zero-order valence-electron chi connectivity index (χ0n) is 38.9. The van der Waals surface area contributed by atoms with Gasteiger partial charge in [-0.1, -0.05) is 146 Å². The number of hydrogen-bond donors (Lipinski definition) is 0. The average molecular weight is 923 g/mol. The van der Waals surface area contributed by atoms with Crippen molar-refractivity contribution in [2.24, 2.45) is 0 Å². The van der Waals surface area contributed by atoms with Crippen molar-refractivity contribution in [3.8, 4) is 34.0 Å². The van der Waals surface area contributed by atoms with Gasteiger partial charge in [-0.3, -0.25) is 0 Å². The molecule has 0 radical (unpaired) electrons. The molecule has 12 aromatic carbocycles. The molecule has 6 heteroatoms. The van der Waals surface area contributed by atoms with Gasteiger partial charge in [-0.25, -0.2) is 9.97 Å². The second-order valence-corrected chi connectivity index (χ2v) is 18.2. The summed E-state index contributed by atoms with van der Waals surface area (Å²) in [7, 11) is 0. The van der Waals surface area contributed by atoms with E-state index in [2.05, 4.69) is 252 Å². The highest BCUT2D eigenvalue weighted by atomic mass is 16.4. The van der Waals surface area contributed by atoms with Gasteiger partial charge >= 0.3 is 0 Å². The number of para-hydroxylation sites is 2. The number of fused-ring (bicyclic) bond motifs is 8. The molecule has 14 rings (SSSR count). The smallest absolute Gasteiger partial charge is 0.227 e. The lowest BCUT2D eigenvalue weighted by molar-refractivity contribution is 0.619. The molecule has 0 spiro atoms. The summed E-state index contributed by atoms with van der Waals surface area (Å²) in [5.74, 6) is 1.13. The predicted octanol–water partition coefficient (Wildman–Crippen LogP) is 18.5. The van der Waals surface area contributed by atoms with Crippen molar-refractivity contribution in [1.82, 2.24) is 9.97 Å². The molecule has 6 nitrogen and oxygen atoms in total. The van der Waals surface area contributed by atoms with Crippen LogP contribution in [0.5, 0.6) is 0 Å². The van der Waals surface area contributed by atoms with E-state index in [4.69, 9.17) is 18.8 Å². The van der Waals surface area contributed by atoms with Gasteiger partial charge < -0.3 is 18.6 Å². The standard InChI is InChI=1S/C66H42N4O2/c1-3-17-49(18-4-1)69(61-41-47-15-7-9-21-53(47)55-23-11-13-25-57(55)61)51-33-27-43(28-34-51)65-67-59-39-45(31-37-63(59)71-65)46-32-38-64-60(40-46)68-66(72-64)44-29-35-52(36-30-44)70(50-19-5-2-6-20-50)62-42-48-16-8-10-22-54(48)56-24-12-14-26-58(56)62/h1-42H. The highest BCUT2D eigenvalue weighted by molar-refractivity contribution is 6.16. The Bertz CT molecular complexity index is 4050. The van der Waals surface area contributed by atoms with Crippen molar-refractivity contribution in [2.75, 3.05) is 9.80 Å². The predicted molar refractivity (Wildman–Crippen MR) is 297 cm³/mol. The van der Waals surface area contributed by atoms with Crippen LogP contribution in [0.4, 0.5) is 34.1 Å². The van der Waals surface area contributed by atoms with Gasteiger partial charge in [-0.05, 0) is 153 Å². The third-order valence-corrected chi connectivity index (χ3v) is 13.9. The third-order valence-electron chi connectivity index (χ3n) is 13.9. The Morgan fingerprint density at radius 3 is 1.01 bits per heavy atom. The summed E-state index contributed by atoms with van der Waals surface area (Å²) in [6.45, 7) is 0. The minimum atomic E-state index is 0.566. The zero-order valence-corrected chi connectivity index (χ0v) is 38.9. The van der Waals surface area contributed by atoms with Gasteiger partial charge in [0.05, 0.1) is 11.4 Å². The summed E-state index contributed by atoms with van der Waals surface area (Å²) in [5.41, 5.74) is 13.3. The lowest BCUT2D eigenvalue weighted by Crippen LogP contribution is -2.10. The Hall–Kier alpha value is -9.78. The number of rotatable bonds is 9. The fourth-order valence-corrected chi connectivity index (χ4v) is 10.4. The van der Waals surface area contributed by atoms with E-state index in [-0.39, 0.29) is 0 Å². The van der Waals surface area contributed by atoms with Crippen LogP contribution in [-0.4, -0.2) is 9.97 Å². The number of anilines is 6. The van der Waals surface area contributed by atoms with Gasteiger partial charge in [-0.2, -0.15) is 0 Å². The van der Waals surface area contributed by atoms with Crippen LogP contribution in [0.25, 0.3) is 99.3 Å². The van der Waals surface area contributed by atoms with Gasteiger partial charge in [0.15, 0.2) is 11.2 Å². The average Bonchev–Trinajstić information content (AvgIpc) is 4.09. The van der Waals surface area contributed by atoms with E-state index in [1.54, 1.807) is 0 Å². The lowest BCUT2D eigenvalue weighted by Gasteiger charge is -2.27. The first-order chi connectivity index (χ1) is 35.7. The van der Waals surface area contributed by atoms with Gasteiger partial charge in [0.1, 0.15) is 11.0 Å². The highest BCUT2D eigenvalue weighted by Gasteiger charge is 2.21. The molecule has 72 heavy (non-hydrogen) atoms. The maximum Gasteiger partial charge on any atom is 0.227 e. The van der Waals surface area contributed by atoms with Crippen molar-refractivity contribution in [3.05, 3.63) is 255 Å². The van der Waals surface area contributed by atoms with Crippen LogP contribution >= 0.6 is 0 Å². The van der Waals surface area contributed by atoms with E-state index in [0.717, 1.165) is 78.6 Å². The molecule has 2 aromatic heterocycles. The Balaban J connectivity index is 0.755. The molecule has 14 aromatic rings. The number of nitrogens with zero attached hydrogens (tertiary/aromatic N) is 4. The zero-order chi connectivity index (χ0) is 47.5. The minimum Gasteiger partial charge on any atom is -0.436 e. The molecular weight excluding hydrogens is 881 g/mol. The van der Waals surface area contributed by atoms with Crippen LogP contribution in [0, 0.1) is 0 Å². The lowest BCUT2D eigenvalue weighted by atomic mass is 9.99. The molecule has 0 atom stereocenters. The van der Waals surface area contributed by atoms with Gasteiger partial charge in [-0.15, -0.1) is 0 Å². The quantitative estimate of drug-likeness (QED) is 0.134.